The summed E-state index contributed by atoms with van der Waals surface area (Å²) in [6.45, 7) is 2.95. The van der Waals surface area contributed by atoms with Crippen LogP contribution in [0.15, 0.2) is 18.5 Å². The molecule has 0 aliphatic heterocycles. The third kappa shape index (κ3) is 3.41. The minimum absolute atomic E-state index is 0.725. The van der Waals surface area contributed by atoms with E-state index in [-0.39, 0.29) is 0 Å². The molecule has 0 saturated heterocycles. The third-order valence-corrected chi connectivity index (χ3v) is 3.84. The lowest BCUT2D eigenvalue weighted by atomic mass is 10.4. The first kappa shape index (κ1) is 13.7. The highest BCUT2D eigenvalue weighted by molar-refractivity contribution is 7.11. The summed E-state index contributed by atoms with van der Waals surface area (Å²) in [6, 6.07) is 1.93. The van der Waals surface area contributed by atoms with Crippen LogP contribution in [0.25, 0.3) is 0 Å². The van der Waals surface area contributed by atoms with Gasteiger partial charge in [0.25, 0.3) is 0 Å². The number of hydrogen-bond donors (Lipinski definition) is 0. The maximum absolute atomic E-state index is 4.52. The normalized spacial score (nSPS) is 10.5. The highest BCUT2D eigenvalue weighted by Gasteiger charge is 2.08. The van der Waals surface area contributed by atoms with Gasteiger partial charge >= 0.3 is 0 Å². The Hall–Kier alpha value is -1.69. The minimum atomic E-state index is 0.725. The largest absolute Gasteiger partial charge is 0.354 e. The Morgan fingerprint density at radius 1 is 1.21 bits per heavy atom. The molecule has 0 bridgehead atoms. The molecule has 2 aromatic heterocycles. The number of aromatic nitrogens is 3. The van der Waals surface area contributed by atoms with E-state index in [0.717, 1.165) is 24.7 Å². The van der Waals surface area contributed by atoms with Crippen molar-refractivity contribution in [1.82, 2.24) is 15.0 Å². The van der Waals surface area contributed by atoms with E-state index in [2.05, 4.69) is 26.8 Å². The first-order valence-corrected chi connectivity index (χ1v) is 7.07. The van der Waals surface area contributed by atoms with Crippen molar-refractivity contribution < 1.29 is 0 Å². The Bertz CT molecular complexity index is 537. The van der Waals surface area contributed by atoms with Crippen LogP contribution in [-0.2, 0) is 13.0 Å². The van der Waals surface area contributed by atoms with Crippen LogP contribution in [0.5, 0.6) is 0 Å². The standard InChI is InChI=1S/C13H19N5S/c1-5-12-15-8-10(19-12)9-18(4)11-6-7-14-13(16-11)17(2)3/h6-8H,5,9H2,1-4H3. The van der Waals surface area contributed by atoms with E-state index in [4.69, 9.17) is 0 Å². The minimum Gasteiger partial charge on any atom is -0.354 e. The third-order valence-electron chi connectivity index (χ3n) is 2.72. The van der Waals surface area contributed by atoms with Crippen molar-refractivity contribution in [3.63, 3.8) is 0 Å². The predicted octanol–water partition coefficient (Wildman–Crippen LogP) is 2.20. The highest BCUT2D eigenvalue weighted by atomic mass is 32.1. The van der Waals surface area contributed by atoms with E-state index in [1.54, 1.807) is 17.5 Å². The van der Waals surface area contributed by atoms with Crippen LogP contribution in [-0.4, -0.2) is 36.1 Å². The molecular formula is C13H19N5S. The summed E-state index contributed by atoms with van der Waals surface area (Å²) in [7, 11) is 5.92. The molecule has 2 rings (SSSR count). The van der Waals surface area contributed by atoms with Gasteiger partial charge in [-0.2, -0.15) is 4.98 Å². The van der Waals surface area contributed by atoms with E-state index in [1.165, 1.54) is 9.88 Å². The van der Waals surface area contributed by atoms with Crippen molar-refractivity contribution in [3.8, 4) is 0 Å². The molecule has 0 amide bonds. The average molecular weight is 277 g/mol. The van der Waals surface area contributed by atoms with Crippen molar-refractivity contribution in [2.24, 2.45) is 0 Å². The molecule has 2 heterocycles. The number of nitrogens with zero attached hydrogens (tertiary/aromatic N) is 5. The first-order chi connectivity index (χ1) is 9.10. The summed E-state index contributed by atoms with van der Waals surface area (Å²) in [5, 5.41) is 1.18. The summed E-state index contributed by atoms with van der Waals surface area (Å²) in [4.78, 5) is 18.4. The molecule has 0 atom stereocenters. The number of anilines is 2. The van der Waals surface area contributed by atoms with Crippen molar-refractivity contribution in [2.75, 3.05) is 30.9 Å². The Labute approximate surface area is 117 Å². The van der Waals surface area contributed by atoms with Crippen LogP contribution in [0.4, 0.5) is 11.8 Å². The number of thiazole rings is 1. The van der Waals surface area contributed by atoms with Gasteiger partial charge in [0.15, 0.2) is 0 Å². The molecule has 0 aromatic carbocycles. The molecule has 102 valence electrons. The monoisotopic (exact) mass is 277 g/mol. The summed E-state index contributed by atoms with van der Waals surface area (Å²) in [6.07, 6.45) is 4.74. The van der Waals surface area contributed by atoms with Gasteiger partial charge in [-0.05, 0) is 12.5 Å². The van der Waals surface area contributed by atoms with Crippen LogP contribution in [0, 0.1) is 0 Å². The molecular weight excluding hydrogens is 258 g/mol. The molecule has 0 radical (unpaired) electrons. The predicted molar refractivity (Wildman–Crippen MR) is 80.0 cm³/mol. The number of aryl methyl sites for hydroxylation is 1. The zero-order valence-corrected chi connectivity index (χ0v) is 12.6. The van der Waals surface area contributed by atoms with E-state index >= 15 is 0 Å². The van der Waals surface area contributed by atoms with Gasteiger partial charge < -0.3 is 9.80 Å². The second kappa shape index (κ2) is 5.97. The second-order valence-electron chi connectivity index (χ2n) is 4.54. The molecule has 0 aliphatic carbocycles. The van der Waals surface area contributed by atoms with Crippen molar-refractivity contribution in [2.45, 2.75) is 19.9 Å². The van der Waals surface area contributed by atoms with Crippen LogP contribution < -0.4 is 9.80 Å². The Balaban J connectivity index is 2.10. The summed E-state index contributed by atoms with van der Waals surface area (Å²) in [5.74, 6) is 1.65. The summed E-state index contributed by atoms with van der Waals surface area (Å²) >= 11 is 1.76. The summed E-state index contributed by atoms with van der Waals surface area (Å²) < 4.78 is 0. The van der Waals surface area contributed by atoms with Gasteiger partial charge in [-0.1, -0.05) is 6.92 Å². The maximum Gasteiger partial charge on any atom is 0.226 e. The number of hydrogen-bond acceptors (Lipinski definition) is 6. The van der Waals surface area contributed by atoms with Crippen molar-refractivity contribution >= 4 is 23.1 Å². The van der Waals surface area contributed by atoms with Crippen LogP contribution >= 0.6 is 11.3 Å². The average Bonchev–Trinajstić information content (AvgIpc) is 2.86. The molecule has 2 aromatic rings. The second-order valence-corrected chi connectivity index (χ2v) is 5.74. The smallest absolute Gasteiger partial charge is 0.226 e. The van der Waals surface area contributed by atoms with E-state index in [0.29, 0.717) is 0 Å². The zero-order valence-electron chi connectivity index (χ0n) is 11.8. The van der Waals surface area contributed by atoms with Gasteiger partial charge in [0.1, 0.15) is 5.82 Å². The zero-order chi connectivity index (χ0) is 13.8. The molecule has 0 aliphatic rings. The van der Waals surface area contributed by atoms with Crippen LogP contribution in [0.1, 0.15) is 16.8 Å². The van der Waals surface area contributed by atoms with Crippen molar-refractivity contribution in [3.05, 3.63) is 28.3 Å². The van der Waals surface area contributed by atoms with E-state index < -0.39 is 0 Å². The quantitative estimate of drug-likeness (QED) is 0.838. The topological polar surface area (TPSA) is 45.2 Å². The van der Waals surface area contributed by atoms with E-state index in [1.807, 2.05) is 38.3 Å². The Kier molecular flexibility index (Phi) is 4.31. The molecule has 5 nitrogen and oxygen atoms in total. The molecule has 6 heteroatoms. The highest BCUT2D eigenvalue weighted by Crippen LogP contribution is 2.19. The van der Waals surface area contributed by atoms with Gasteiger partial charge in [-0.25, -0.2) is 9.97 Å². The molecule has 19 heavy (non-hydrogen) atoms. The fraction of sp³-hybridized carbons (Fsp3) is 0.462. The van der Waals surface area contributed by atoms with Crippen LogP contribution in [0.2, 0.25) is 0 Å². The van der Waals surface area contributed by atoms with Gasteiger partial charge in [0, 0.05) is 38.4 Å². The Morgan fingerprint density at radius 3 is 2.63 bits per heavy atom. The molecule has 0 saturated carbocycles. The molecule has 0 unspecified atom stereocenters. The van der Waals surface area contributed by atoms with Gasteiger partial charge in [0.2, 0.25) is 5.95 Å². The fourth-order valence-electron chi connectivity index (χ4n) is 1.67. The lowest BCUT2D eigenvalue weighted by Crippen LogP contribution is -2.19. The SMILES string of the molecule is CCc1ncc(CN(C)c2ccnc(N(C)C)n2)s1. The molecule has 0 fully saturated rings. The van der Waals surface area contributed by atoms with Gasteiger partial charge in [-0.15, -0.1) is 11.3 Å². The number of rotatable bonds is 5. The van der Waals surface area contributed by atoms with Gasteiger partial charge in [-0.3, -0.25) is 0 Å². The van der Waals surface area contributed by atoms with E-state index in [9.17, 15) is 0 Å². The molecule has 0 N–H and O–H groups in total. The van der Waals surface area contributed by atoms with Crippen molar-refractivity contribution in [1.29, 1.82) is 0 Å². The Morgan fingerprint density at radius 2 is 2.00 bits per heavy atom. The lowest BCUT2D eigenvalue weighted by molar-refractivity contribution is 0.889. The van der Waals surface area contributed by atoms with Gasteiger partial charge in [0.05, 0.1) is 11.6 Å². The fourth-order valence-corrected chi connectivity index (χ4v) is 2.58. The molecule has 0 spiro atoms. The maximum atomic E-state index is 4.52. The first-order valence-electron chi connectivity index (χ1n) is 6.25. The van der Waals surface area contributed by atoms with Crippen LogP contribution in [0.3, 0.4) is 0 Å². The lowest BCUT2D eigenvalue weighted by Gasteiger charge is -2.18. The summed E-state index contributed by atoms with van der Waals surface area (Å²) in [5.41, 5.74) is 0.